The molecule has 0 aliphatic carbocycles. The summed E-state index contributed by atoms with van der Waals surface area (Å²) in [7, 11) is 0. The molecule has 23 heavy (non-hydrogen) atoms. The highest BCUT2D eigenvalue weighted by Crippen LogP contribution is 2.35. The molecule has 0 amide bonds. The van der Waals surface area contributed by atoms with Crippen LogP contribution in [0.2, 0.25) is 0 Å². The Morgan fingerprint density at radius 1 is 1.00 bits per heavy atom. The largest absolute Gasteiger partial charge is 0.485 e. The lowest BCUT2D eigenvalue weighted by Gasteiger charge is -2.26. The molecule has 1 N–H and O–H groups in total. The van der Waals surface area contributed by atoms with Crippen molar-refractivity contribution < 1.29 is 9.47 Å². The third-order valence-electron chi connectivity index (χ3n) is 4.44. The van der Waals surface area contributed by atoms with Crippen LogP contribution in [0.15, 0.2) is 48.5 Å². The fourth-order valence-electron chi connectivity index (χ4n) is 2.87. The summed E-state index contributed by atoms with van der Waals surface area (Å²) in [6, 6.07) is 17.1. The summed E-state index contributed by atoms with van der Waals surface area (Å²) in [6.07, 6.45) is 2.30. The summed E-state index contributed by atoms with van der Waals surface area (Å²) >= 11 is 0. The van der Waals surface area contributed by atoms with Gasteiger partial charge in [0.05, 0.1) is 0 Å². The van der Waals surface area contributed by atoms with E-state index < -0.39 is 0 Å². The molecule has 2 aromatic rings. The van der Waals surface area contributed by atoms with Gasteiger partial charge in [0, 0.05) is 12.6 Å². The van der Waals surface area contributed by atoms with Crippen LogP contribution in [0.5, 0.6) is 11.5 Å². The quantitative estimate of drug-likeness (QED) is 0.853. The topological polar surface area (TPSA) is 30.5 Å². The standard InChI is InChI=1S/C20H25NO2/c1-3-17(4-2)21-13-15-9-11-16(12-10-15)20-14-22-18-7-5-6-8-19(18)23-20/h5-12,17,20-21H,3-4,13-14H2,1-2H3. The lowest BCUT2D eigenvalue weighted by Crippen LogP contribution is -2.27. The van der Waals surface area contributed by atoms with Gasteiger partial charge in [-0.25, -0.2) is 0 Å². The molecule has 1 aliphatic heterocycles. The number of benzene rings is 2. The van der Waals surface area contributed by atoms with E-state index in [-0.39, 0.29) is 6.10 Å². The van der Waals surface area contributed by atoms with E-state index in [1.54, 1.807) is 0 Å². The molecule has 0 radical (unpaired) electrons. The maximum atomic E-state index is 6.05. The van der Waals surface area contributed by atoms with Gasteiger partial charge in [0.15, 0.2) is 17.6 Å². The second-order valence-corrected chi connectivity index (χ2v) is 6.00. The predicted octanol–water partition coefficient (Wildman–Crippen LogP) is 4.48. The molecule has 1 unspecified atom stereocenters. The molecule has 1 heterocycles. The molecule has 0 bridgehead atoms. The average molecular weight is 311 g/mol. The van der Waals surface area contributed by atoms with E-state index in [2.05, 4.69) is 43.4 Å². The molecule has 1 atom stereocenters. The van der Waals surface area contributed by atoms with Gasteiger partial charge in [0.25, 0.3) is 0 Å². The van der Waals surface area contributed by atoms with Crippen molar-refractivity contribution in [2.75, 3.05) is 6.61 Å². The number of nitrogens with one attached hydrogen (secondary N) is 1. The second kappa shape index (κ2) is 7.51. The van der Waals surface area contributed by atoms with Crippen molar-refractivity contribution in [3.05, 3.63) is 59.7 Å². The Hall–Kier alpha value is -2.00. The highest BCUT2D eigenvalue weighted by Gasteiger charge is 2.21. The fourth-order valence-corrected chi connectivity index (χ4v) is 2.87. The van der Waals surface area contributed by atoms with Crippen molar-refractivity contribution in [3.63, 3.8) is 0 Å². The normalized spacial score (nSPS) is 16.6. The first kappa shape index (κ1) is 15.9. The fraction of sp³-hybridized carbons (Fsp3) is 0.400. The van der Waals surface area contributed by atoms with E-state index in [1.165, 1.54) is 18.4 Å². The zero-order chi connectivity index (χ0) is 16.1. The molecule has 0 spiro atoms. The van der Waals surface area contributed by atoms with E-state index >= 15 is 0 Å². The Morgan fingerprint density at radius 3 is 2.39 bits per heavy atom. The van der Waals surface area contributed by atoms with Gasteiger partial charge in [-0.15, -0.1) is 0 Å². The van der Waals surface area contributed by atoms with E-state index in [9.17, 15) is 0 Å². The third kappa shape index (κ3) is 3.85. The Bertz CT molecular complexity index is 620. The lowest BCUT2D eigenvalue weighted by atomic mass is 10.1. The molecule has 0 saturated heterocycles. The first-order valence-electron chi connectivity index (χ1n) is 8.50. The van der Waals surface area contributed by atoms with Crippen molar-refractivity contribution >= 4 is 0 Å². The SMILES string of the molecule is CCC(CC)NCc1ccc(C2COc3ccccc3O2)cc1. The smallest absolute Gasteiger partial charge is 0.162 e. The van der Waals surface area contributed by atoms with Crippen molar-refractivity contribution in [1.82, 2.24) is 5.32 Å². The molecule has 0 aromatic heterocycles. The molecular weight excluding hydrogens is 286 g/mol. The third-order valence-corrected chi connectivity index (χ3v) is 4.44. The Balaban J connectivity index is 1.62. The summed E-state index contributed by atoms with van der Waals surface area (Å²) in [5.41, 5.74) is 2.46. The predicted molar refractivity (Wildman–Crippen MR) is 93.0 cm³/mol. The molecule has 3 heteroatoms. The molecule has 2 aromatic carbocycles. The van der Waals surface area contributed by atoms with Crippen molar-refractivity contribution in [2.24, 2.45) is 0 Å². The van der Waals surface area contributed by atoms with Gasteiger partial charge in [-0.2, -0.15) is 0 Å². The molecule has 1 aliphatic rings. The van der Waals surface area contributed by atoms with Crippen LogP contribution < -0.4 is 14.8 Å². The summed E-state index contributed by atoms with van der Waals surface area (Å²) in [5.74, 6) is 1.65. The van der Waals surface area contributed by atoms with Crippen molar-refractivity contribution in [1.29, 1.82) is 0 Å². The number of hydrogen-bond donors (Lipinski definition) is 1. The number of rotatable bonds is 6. The highest BCUT2D eigenvalue weighted by atomic mass is 16.6. The molecule has 3 rings (SSSR count). The van der Waals surface area contributed by atoms with Crippen LogP contribution >= 0.6 is 0 Å². The number of para-hydroxylation sites is 2. The van der Waals surface area contributed by atoms with Crippen LogP contribution in [-0.2, 0) is 6.54 Å². The van der Waals surface area contributed by atoms with E-state index in [1.807, 2.05) is 24.3 Å². The zero-order valence-corrected chi connectivity index (χ0v) is 13.9. The minimum absolute atomic E-state index is 0.0362. The van der Waals surface area contributed by atoms with Crippen LogP contribution in [0.25, 0.3) is 0 Å². The van der Waals surface area contributed by atoms with Gasteiger partial charge >= 0.3 is 0 Å². The van der Waals surface area contributed by atoms with Crippen LogP contribution in [0.4, 0.5) is 0 Å². The maximum absolute atomic E-state index is 6.05. The van der Waals surface area contributed by atoms with Gasteiger partial charge < -0.3 is 14.8 Å². The zero-order valence-electron chi connectivity index (χ0n) is 13.9. The van der Waals surface area contributed by atoms with Gasteiger partial charge in [0.1, 0.15) is 6.61 Å². The summed E-state index contributed by atoms with van der Waals surface area (Å²) in [6.45, 7) is 5.92. The number of ether oxygens (including phenoxy) is 2. The molecule has 0 fully saturated rings. The summed E-state index contributed by atoms with van der Waals surface area (Å²) < 4.78 is 11.8. The van der Waals surface area contributed by atoms with Crippen LogP contribution in [0.3, 0.4) is 0 Å². The van der Waals surface area contributed by atoms with Crippen LogP contribution in [0, 0.1) is 0 Å². The second-order valence-electron chi connectivity index (χ2n) is 6.00. The highest BCUT2D eigenvalue weighted by molar-refractivity contribution is 5.41. The minimum atomic E-state index is -0.0362. The minimum Gasteiger partial charge on any atom is -0.485 e. The molecule has 0 saturated carbocycles. The average Bonchev–Trinajstić information content (AvgIpc) is 2.63. The maximum Gasteiger partial charge on any atom is 0.162 e. The van der Waals surface area contributed by atoms with Crippen LogP contribution in [0.1, 0.15) is 43.9 Å². The molecule has 122 valence electrons. The Morgan fingerprint density at radius 2 is 1.70 bits per heavy atom. The van der Waals surface area contributed by atoms with Gasteiger partial charge in [-0.1, -0.05) is 50.2 Å². The van der Waals surface area contributed by atoms with E-state index in [0.717, 1.165) is 23.6 Å². The number of hydrogen-bond acceptors (Lipinski definition) is 3. The van der Waals surface area contributed by atoms with Crippen molar-refractivity contribution in [2.45, 2.75) is 45.4 Å². The molecular formula is C20H25NO2. The van der Waals surface area contributed by atoms with E-state index in [4.69, 9.17) is 9.47 Å². The van der Waals surface area contributed by atoms with Crippen molar-refractivity contribution in [3.8, 4) is 11.5 Å². The first-order valence-corrected chi connectivity index (χ1v) is 8.50. The molecule has 3 nitrogen and oxygen atoms in total. The van der Waals surface area contributed by atoms with Gasteiger partial charge in [-0.3, -0.25) is 0 Å². The monoisotopic (exact) mass is 311 g/mol. The van der Waals surface area contributed by atoms with Gasteiger partial charge in [0.2, 0.25) is 0 Å². The van der Waals surface area contributed by atoms with E-state index in [0.29, 0.717) is 12.6 Å². The Labute approximate surface area is 138 Å². The Kier molecular flexibility index (Phi) is 5.19. The van der Waals surface area contributed by atoms with Gasteiger partial charge in [-0.05, 0) is 36.1 Å². The first-order chi connectivity index (χ1) is 11.3. The van der Waals surface area contributed by atoms with Crippen LogP contribution in [-0.4, -0.2) is 12.6 Å². The summed E-state index contributed by atoms with van der Waals surface area (Å²) in [5, 5.41) is 3.59. The number of fused-ring (bicyclic) bond motifs is 1. The lowest BCUT2D eigenvalue weighted by molar-refractivity contribution is 0.0913. The summed E-state index contributed by atoms with van der Waals surface area (Å²) in [4.78, 5) is 0.